The molecule has 0 aliphatic carbocycles. The van der Waals surface area contributed by atoms with E-state index >= 15 is 0 Å². The highest BCUT2D eigenvalue weighted by Gasteiger charge is 1.87. The van der Waals surface area contributed by atoms with Gasteiger partial charge >= 0.3 is 0 Å². The maximum atomic E-state index is 3.67. The molecule has 0 saturated heterocycles. The summed E-state index contributed by atoms with van der Waals surface area (Å²) in [4.78, 5) is 0. The van der Waals surface area contributed by atoms with Crippen molar-refractivity contribution in [2.24, 2.45) is 0 Å². The molecule has 0 aromatic carbocycles. The first kappa shape index (κ1) is 11.4. The first-order valence-electron chi connectivity index (χ1n) is 4.76. The second kappa shape index (κ2) is 8.54. The van der Waals surface area contributed by atoms with E-state index in [0.29, 0.717) is 6.04 Å². The van der Waals surface area contributed by atoms with Gasteiger partial charge in [-0.1, -0.05) is 32.1 Å². The minimum atomic E-state index is 0.603. The highest BCUT2D eigenvalue weighted by atomic mass is 14.9. The Kier molecular flexibility index (Phi) is 8.14. The Bertz CT molecular complexity index is 125. The molecule has 0 aliphatic rings. The molecule has 0 unspecified atom stereocenters. The lowest BCUT2D eigenvalue weighted by molar-refractivity contribution is 0.594. The van der Waals surface area contributed by atoms with Gasteiger partial charge in [0.25, 0.3) is 0 Å². The van der Waals surface area contributed by atoms with Crippen LogP contribution in [0.4, 0.5) is 0 Å². The number of allylic oxidation sites excluding steroid dienone is 2. The molecule has 0 aromatic heterocycles. The molecule has 0 amide bonds. The van der Waals surface area contributed by atoms with Crippen molar-refractivity contribution in [1.82, 2.24) is 5.32 Å². The largest absolute Gasteiger partial charge is 0.314 e. The van der Waals surface area contributed by atoms with Gasteiger partial charge < -0.3 is 5.32 Å². The first-order chi connectivity index (χ1) is 5.77. The van der Waals surface area contributed by atoms with Crippen LogP contribution in [-0.2, 0) is 0 Å². The van der Waals surface area contributed by atoms with Crippen LogP contribution in [0, 0.1) is 0 Å². The Labute approximate surface area is 76.6 Å². The molecule has 0 saturated carbocycles. The van der Waals surface area contributed by atoms with Crippen LogP contribution in [-0.4, -0.2) is 12.6 Å². The third-order valence-corrected chi connectivity index (χ3v) is 1.57. The van der Waals surface area contributed by atoms with Crippen LogP contribution in [0.3, 0.4) is 0 Å². The van der Waals surface area contributed by atoms with E-state index in [0.717, 1.165) is 25.8 Å². The molecule has 0 aromatic rings. The van der Waals surface area contributed by atoms with E-state index in [9.17, 15) is 0 Å². The molecule has 70 valence electrons. The van der Waals surface area contributed by atoms with Gasteiger partial charge in [-0.15, -0.1) is 6.58 Å². The van der Waals surface area contributed by atoms with Gasteiger partial charge in [0.1, 0.15) is 0 Å². The molecule has 0 radical (unpaired) electrons. The van der Waals surface area contributed by atoms with Gasteiger partial charge in [0.05, 0.1) is 0 Å². The summed E-state index contributed by atoms with van der Waals surface area (Å²) in [6.07, 6.45) is 9.77. The zero-order chi connectivity index (χ0) is 9.23. The number of hydrogen-bond acceptors (Lipinski definition) is 1. The fourth-order valence-corrected chi connectivity index (χ4v) is 0.905. The Morgan fingerprint density at radius 3 is 2.42 bits per heavy atom. The van der Waals surface area contributed by atoms with E-state index in [-0.39, 0.29) is 0 Å². The van der Waals surface area contributed by atoms with E-state index in [4.69, 9.17) is 0 Å². The number of unbranched alkanes of at least 4 members (excludes halogenated alkanes) is 1. The highest BCUT2D eigenvalue weighted by molar-refractivity contribution is 4.84. The van der Waals surface area contributed by atoms with Crippen molar-refractivity contribution >= 4 is 0 Å². The lowest BCUT2D eigenvalue weighted by Crippen LogP contribution is -2.23. The molecule has 1 nitrogen and oxygen atoms in total. The predicted molar refractivity (Wildman–Crippen MR) is 56.3 cm³/mol. The topological polar surface area (TPSA) is 12.0 Å². The average Bonchev–Trinajstić information content (AvgIpc) is 2.02. The van der Waals surface area contributed by atoms with Crippen molar-refractivity contribution < 1.29 is 0 Å². The van der Waals surface area contributed by atoms with E-state index in [1.54, 1.807) is 0 Å². The van der Waals surface area contributed by atoms with Crippen molar-refractivity contribution in [2.45, 2.75) is 39.2 Å². The SMILES string of the molecule is C=CCCC=CCCNC(C)C. The third-order valence-electron chi connectivity index (χ3n) is 1.57. The summed E-state index contributed by atoms with van der Waals surface area (Å²) < 4.78 is 0. The molecule has 0 aliphatic heterocycles. The number of nitrogens with one attached hydrogen (secondary N) is 1. The third kappa shape index (κ3) is 9.44. The summed E-state index contributed by atoms with van der Waals surface area (Å²) in [5.41, 5.74) is 0. The number of rotatable bonds is 7. The van der Waals surface area contributed by atoms with E-state index < -0.39 is 0 Å². The predicted octanol–water partition coefficient (Wildman–Crippen LogP) is 2.90. The summed E-state index contributed by atoms with van der Waals surface area (Å²) in [5.74, 6) is 0. The molecule has 0 bridgehead atoms. The van der Waals surface area contributed by atoms with Gasteiger partial charge in [-0.2, -0.15) is 0 Å². The summed E-state index contributed by atoms with van der Waals surface area (Å²) >= 11 is 0. The Hall–Kier alpha value is -0.560. The van der Waals surface area contributed by atoms with E-state index in [2.05, 4.69) is 37.9 Å². The van der Waals surface area contributed by atoms with Gasteiger partial charge in [0.2, 0.25) is 0 Å². The Morgan fingerprint density at radius 2 is 1.83 bits per heavy atom. The minimum Gasteiger partial charge on any atom is -0.314 e. The highest BCUT2D eigenvalue weighted by Crippen LogP contribution is 1.92. The zero-order valence-corrected chi connectivity index (χ0v) is 8.34. The average molecular weight is 167 g/mol. The summed E-state index contributed by atoms with van der Waals surface area (Å²) in [7, 11) is 0. The molecule has 0 rings (SSSR count). The van der Waals surface area contributed by atoms with Crippen LogP contribution in [0.25, 0.3) is 0 Å². The van der Waals surface area contributed by atoms with Crippen molar-refractivity contribution in [3.8, 4) is 0 Å². The summed E-state index contributed by atoms with van der Waals surface area (Å²) in [6, 6.07) is 0.603. The standard InChI is InChI=1S/C11H21N/c1-4-5-6-7-8-9-10-12-11(2)3/h4,7-8,11-12H,1,5-6,9-10H2,2-3H3. The van der Waals surface area contributed by atoms with Gasteiger partial charge in [0.15, 0.2) is 0 Å². The normalized spacial score (nSPS) is 11.2. The smallest absolute Gasteiger partial charge is 0.00105 e. The van der Waals surface area contributed by atoms with Crippen molar-refractivity contribution in [1.29, 1.82) is 0 Å². The van der Waals surface area contributed by atoms with Gasteiger partial charge in [-0.25, -0.2) is 0 Å². The van der Waals surface area contributed by atoms with Gasteiger partial charge in [-0.05, 0) is 25.8 Å². The van der Waals surface area contributed by atoms with Crippen LogP contribution in [0.15, 0.2) is 24.8 Å². The van der Waals surface area contributed by atoms with Crippen molar-refractivity contribution in [3.63, 3.8) is 0 Å². The molecule has 0 fully saturated rings. The van der Waals surface area contributed by atoms with Crippen molar-refractivity contribution in [2.75, 3.05) is 6.54 Å². The lowest BCUT2D eigenvalue weighted by atomic mass is 10.2. The van der Waals surface area contributed by atoms with E-state index in [1.165, 1.54) is 0 Å². The van der Waals surface area contributed by atoms with Crippen LogP contribution in [0.2, 0.25) is 0 Å². The summed E-state index contributed by atoms with van der Waals surface area (Å²) in [6.45, 7) is 9.09. The van der Waals surface area contributed by atoms with Crippen LogP contribution in [0.1, 0.15) is 33.1 Å². The molecule has 12 heavy (non-hydrogen) atoms. The molecule has 1 heteroatoms. The second-order valence-electron chi connectivity index (χ2n) is 3.23. The molecular weight excluding hydrogens is 146 g/mol. The monoisotopic (exact) mass is 167 g/mol. The minimum absolute atomic E-state index is 0.603. The summed E-state index contributed by atoms with van der Waals surface area (Å²) in [5, 5.41) is 3.36. The van der Waals surface area contributed by atoms with Gasteiger partial charge in [-0.3, -0.25) is 0 Å². The maximum Gasteiger partial charge on any atom is 0.00105 e. The van der Waals surface area contributed by atoms with Crippen LogP contribution < -0.4 is 5.32 Å². The molecule has 0 heterocycles. The van der Waals surface area contributed by atoms with E-state index in [1.807, 2.05) is 6.08 Å². The maximum absolute atomic E-state index is 3.67. The lowest BCUT2D eigenvalue weighted by Gasteiger charge is -2.04. The molecule has 1 N–H and O–H groups in total. The Morgan fingerprint density at radius 1 is 1.17 bits per heavy atom. The van der Waals surface area contributed by atoms with Crippen LogP contribution in [0.5, 0.6) is 0 Å². The quantitative estimate of drug-likeness (QED) is 0.454. The first-order valence-corrected chi connectivity index (χ1v) is 4.76. The zero-order valence-electron chi connectivity index (χ0n) is 8.34. The second-order valence-corrected chi connectivity index (χ2v) is 3.23. The fraction of sp³-hybridized carbons (Fsp3) is 0.636. The Balaban J connectivity index is 3.07. The molecule has 0 spiro atoms. The number of hydrogen-bond donors (Lipinski definition) is 1. The molecular formula is C11H21N. The molecule has 0 atom stereocenters. The fourth-order valence-electron chi connectivity index (χ4n) is 0.905. The van der Waals surface area contributed by atoms with Crippen LogP contribution >= 0.6 is 0 Å². The van der Waals surface area contributed by atoms with Crippen molar-refractivity contribution in [3.05, 3.63) is 24.8 Å². The van der Waals surface area contributed by atoms with Gasteiger partial charge in [0, 0.05) is 6.04 Å².